The van der Waals surface area contributed by atoms with Crippen molar-refractivity contribution in [3.8, 4) is 17.0 Å². The largest absolute Gasteiger partial charge is 0.497 e. The van der Waals surface area contributed by atoms with Crippen LogP contribution < -0.4 is 10.1 Å². The van der Waals surface area contributed by atoms with Gasteiger partial charge in [-0.3, -0.25) is 0 Å². The topological polar surface area (TPSA) is 56.3 Å². The highest BCUT2D eigenvalue weighted by molar-refractivity contribution is 6.33. The number of halogens is 1. The van der Waals surface area contributed by atoms with Gasteiger partial charge in [0.2, 0.25) is 0 Å². The van der Waals surface area contributed by atoms with Crippen LogP contribution in [0, 0.1) is 0 Å². The Morgan fingerprint density at radius 2 is 2.04 bits per heavy atom. The molecular formula is C19H24ClN3O2. The van der Waals surface area contributed by atoms with E-state index in [-0.39, 0.29) is 0 Å². The second-order valence-corrected chi connectivity index (χ2v) is 6.48. The Labute approximate surface area is 153 Å². The summed E-state index contributed by atoms with van der Waals surface area (Å²) in [5.74, 6) is 1.60. The van der Waals surface area contributed by atoms with Crippen molar-refractivity contribution in [3.05, 3.63) is 34.6 Å². The number of benzene rings is 1. The smallest absolute Gasteiger partial charge is 0.148 e. The molecular weight excluding hydrogens is 338 g/mol. The normalized spacial score (nSPS) is 16.9. The van der Waals surface area contributed by atoms with Gasteiger partial charge in [0.25, 0.3) is 0 Å². The highest BCUT2D eigenvalue weighted by Gasteiger charge is 2.20. The molecule has 25 heavy (non-hydrogen) atoms. The van der Waals surface area contributed by atoms with Crippen LogP contribution in [0.5, 0.6) is 5.75 Å². The summed E-state index contributed by atoms with van der Waals surface area (Å²) in [6.07, 6.45) is 2.58. The zero-order chi connectivity index (χ0) is 17.8. The molecule has 0 spiro atoms. The number of aromatic nitrogens is 2. The molecule has 1 aromatic heterocycles. The lowest BCUT2D eigenvalue weighted by Crippen LogP contribution is -2.22. The van der Waals surface area contributed by atoms with Gasteiger partial charge in [-0.1, -0.05) is 25.4 Å². The Hall–Kier alpha value is -1.85. The molecule has 2 heterocycles. The van der Waals surface area contributed by atoms with Crippen molar-refractivity contribution in [2.45, 2.75) is 39.2 Å². The van der Waals surface area contributed by atoms with E-state index in [9.17, 15) is 0 Å². The molecule has 0 aliphatic carbocycles. The van der Waals surface area contributed by atoms with E-state index in [0.29, 0.717) is 11.1 Å². The zero-order valence-corrected chi connectivity index (χ0v) is 15.7. The fourth-order valence-corrected chi connectivity index (χ4v) is 3.25. The minimum Gasteiger partial charge on any atom is -0.497 e. The molecule has 1 aromatic carbocycles. The van der Waals surface area contributed by atoms with E-state index in [2.05, 4.69) is 19.2 Å². The summed E-state index contributed by atoms with van der Waals surface area (Å²) < 4.78 is 10.7. The van der Waals surface area contributed by atoms with Gasteiger partial charge in [0.15, 0.2) is 0 Å². The summed E-state index contributed by atoms with van der Waals surface area (Å²) in [6.45, 7) is 5.69. The molecule has 2 aromatic rings. The van der Waals surface area contributed by atoms with Crippen molar-refractivity contribution in [1.29, 1.82) is 0 Å². The number of ether oxygens (including phenoxy) is 2. The zero-order valence-electron chi connectivity index (χ0n) is 14.9. The molecule has 1 fully saturated rings. The van der Waals surface area contributed by atoms with E-state index >= 15 is 0 Å². The number of hydrogen-bond acceptors (Lipinski definition) is 5. The molecule has 0 amide bonds. The van der Waals surface area contributed by atoms with Crippen LogP contribution in [0.3, 0.4) is 0 Å². The third-order valence-electron chi connectivity index (χ3n) is 4.41. The minimum absolute atomic E-state index is 0.305. The van der Waals surface area contributed by atoms with Crippen LogP contribution in [0.2, 0.25) is 5.02 Å². The van der Waals surface area contributed by atoms with Crippen LogP contribution in [0.25, 0.3) is 11.3 Å². The second kappa shape index (κ2) is 8.02. The highest BCUT2D eigenvalue weighted by Crippen LogP contribution is 2.33. The number of nitrogens with zero attached hydrogens (tertiary/aromatic N) is 2. The number of methoxy groups -OCH3 is 1. The Bertz CT molecular complexity index is 746. The van der Waals surface area contributed by atoms with Gasteiger partial charge in [-0.05, 0) is 37.5 Å². The van der Waals surface area contributed by atoms with E-state index in [4.69, 9.17) is 31.0 Å². The Morgan fingerprint density at radius 1 is 1.24 bits per heavy atom. The number of nitrogens with one attached hydrogen (secondary N) is 1. The first-order valence-corrected chi connectivity index (χ1v) is 9.12. The fraction of sp³-hybridized carbons (Fsp3) is 0.474. The predicted octanol–water partition coefficient (Wildman–Crippen LogP) is 4.13. The highest BCUT2D eigenvalue weighted by atomic mass is 35.5. The molecule has 1 saturated heterocycles. The SMILES string of the molecule is CCc1nc(-c2ccc(OC)cc2Cl)c(CC)nc1N[C@@H]1CCOC1. The summed E-state index contributed by atoms with van der Waals surface area (Å²) in [7, 11) is 1.63. The maximum Gasteiger partial charge on any atom is 0.148 e. The molecule has 1 aliphatic heterocycles. The predicted molar refractivity (Wildman–Crippen MR) is 101 cm³/mol. The van der Waals surface area contributed by atoms with Crippen LogP contribution in [0.15, 0.2) is 18.2 Å². The second-order valence-electron chi connectivity index (χ2n) is 6.07. The van der Waals surface area contributed by atoms with Crippen LogP contribution in [-0.4, -0.2) is 36.3 Å². The van der Waals surface area contributed by atoms with E-state index in [1.165, 1.54) is 0 Å². The molecule has 5 nitrogen and oxygen atoms in total. The summed E-state index contributed by atoms with van der Waals surface area (Å²) in [5.41, 5.74) is 3.62. The molecule has 0 bridgehead atoms. The van der Waals surface area contributed by atoms with E-state index in [1.807, 2.05) is 18.2 Å². The molecule has 0 radical (unpaired) electrons. The van der Waals surface area contributed by atoms with Crippen LogP contribution in [0.4, 0.5) is 5.82 Å². The third kappa shape index (κ3) is 3.88. The van der Waals surface area contributed by atoms with Crippen LogP contribution in [0.1, 0.15) is 31.7 Å². The van der Waals surface area contributed by atoms with Crippen LogP contribution in [-0.2, 0) is 17.6 Å². The van der Waals surface area contributed by atoms with Crippen molar-refractivity contribution < 1.29 is 9.47 Å². The molecule has 1 N–H and O–H groups in total. The van der Waals surface area contributed by atoms with Gasteiger partial charge in [0, 0.05) is 12.2 Å². The van der Waals surface area contributed by atoms with Crippen molar-refractivity contribution in [3.63, 3.8) is 0 Å². The monoisotopic (exact) mass is 361 g/mol. The summed E-state index contributed by atoms with van der Waals surface area (Å²) in [5, 5.41) is 4.12. The molecule has 6 heteroatoms. The first-order chi connectivity index (χ1) is 12.2. The average molecular weight is 362 g/mol. The molecule has 3 rings (SSSR count). The summed E-state index contributed by atoms with van der Waals surface area (Å²) >= 11 is 6.46. The summed E-state index contributed by atoms with van der Waals surface area (Å²) in [4.78, 5) is 9.77. The fourth-order valence-electron chi connectivity index (χ4n) is 2.99. The number of aryl methyl sites for hydroxylation is 2. The maximum absolute atomic E-state index is 6.46. The lowest BCUT2D eigenvalue weighted by atomic mass is 10.1. The van der Waals surface area contributed by atoms with Crippen molar-refractivity contribution in [2.75, 3.05) is 25.6 Å². The van der Waals surface area contributed by atoms with E-state index in [0.717, 1.165) is 66.7 Å². The molecule has 0 saturated carbocycles. The van der Waals surface area contributed by atoms with Gasteiger partial charge in [-0.25, -0.2) is 9.97 Å². The molecule has 1 aliphatic rings. The van der Waals surface area contributed by atoms with Crippen molar-refractivity contribution >= 4 is 17.4 Å². The van der Waals surface area contributed by atoms with Gasteiger partial charge in [0.1, 0.15) is 11.6 Å². The maximum atomic E-state index is 6.46. The number of anilines is 1. The third-order valence-corrected chi connectivity index (χ3v) is 4.72. The standard InChI is InChI=1S/C19H24ClN3O2/c1-4-16-18(14-7-6-13(24-3)10-15(14)20)22-17(5-2)19(23-16)21-12-8-9-25-11-12/h6-7,10,12H,4-5,8-9,11H2,1-3H3,(H,21,23)/t12-/m1/s1. The first kappa shape index (κ1) is 18.0. The molecule has 1 atom stereocenters. The Balaban J connectivity index is 2.01. The van der Waals surface area contributed by atoms with Gasteiger partial charge in [-0.15, -0.1) is 0 Å². The van der Waals surface area contributed by atoms with Gasteiger partial charge < -0.3 is 14.8 Å². The Kier molecular flexibility index (Phi) is 5.76. The van der Waals surface area contributed by atoms with Crippen molar-refractivity contribution in [1.82, 2.24) is 9.97 Å². The Morgan fingerprint density at radius 3 is 2.64 bits per heavy atom. The minimum atomic E-state index is 0.305. The molecule has 0 unspecified atom stereocenters. The lowest BCUT2D eigenvalue weighted by Gasteiger charge is -2.18. The van der Waals surface area contributed by atoms with Crippen molar-refractivity contribution in [2.24, 2.45) is 0 Å². The van der Waals surface area contributed by atoms with Gasteiger partial charge in [0.05, 0.1) is 41.9 Å². The average Bonchev–Trinajstić information content (AvgIpc) is 3.14. The number of rotatable bonds is 6. The van der Waals surface area contributed by atoms with Crippen LogP contribution >= 0.6 is 11.6 Å². The summed E-state index contributed by atoms with van der Waals surface area (Å²) in [6, 6.07) is 5.96. The quantitative estimate of drug-likeness (QED) is 0.838. The van der Waals surface area contributed by atoms with Gasteiger partial charge >= 0.3 is 0 Å². The first-order valence-electron chi connectivity index (χ1n) is 8.74. The number of hydrogen-bond donors (Lipinski definition) is 1. The molecule has 134 valence electrons. The van der Waals surface area contributed by atoms with E-state index < -0.39 is 0 Å². The van der Waals surface area contributed by atoms with E-state index in [1.54, 1.807) is 7.11 Å². The van der Waals surface area contributed by atoms with Gasteiger partial charge in [-0.2, -0.15) is 0 Å². The lowest BCUT2D eigenvalue weighted by molar-refractivity contribution is 0.195.